The summed E-state index contributed by atoms with van der Waals surface area (Å²) in [6.07, 6.45) is 10.2. The minimum Gasteiger partial charge on any atom is -0.388 e. The predicted molar refractivity (Wildman–Crippen MR) is 108 cm³/mol. The van der Waals surface area contributed by atoms with E-state index in [4.69, 9.17) is 0 Å². The van der Waals surface area contributed by atoms with Crippen molar-refractivity contribution in [2.24, 2.45) is 17.8 Å². The number of hydrogen-bond donors (Lipinski definition) is 1. The molecule has 1 aromatic carbocycles. The Morgan fingerprint density at radius 2 is 1.79 bits per heavy atom. The van der Waals surface area contributed by atoms with Gasteiger partial charge in [0.2, 0.25) is 0 Å². The van der Waals surface area contributed by atoms with Crippen LogP contribution in [0.4, 0.5) is 5.69 Å². The molecule has 1 heteroatoms. The maximum Gasteiger partial charge on any atom is 0.0340 e. The fourth-order valence-corrected chi connectivity index (χ4v) is 4.46. The summed E-state index contributed by atoms with van der Waals surface area (Å²) in [5.41, 5.74) is 5.69. The van der Waals surface area contributed by atoms with E-state index in [1.165, 1.54) is 48.9 Å². The summed E-state index contributed by atoms with van der Waals surface area (Å²) >= 11 is 0. The summed E-state index contributed by atoms with van der Waals surface area (Å²) < 4.78 is 0. The molecule has 0 heterocycles. The van der Waals surface area contributed by atoms with Gasteiger partial charge in [0, 0.05) is 12.7 Å². The number of rotatable bonds is 8. The van der Waals surface area contributed by atoms with Crippen molar-refractivity contribution >= 4 is 5.69 Å². The lowest BCUT2D eigenvalue weighted by Gasteiger charge is -2.31. The Labute approximate surface area is 149 Å². The zero-order valence-electron chi connectivity index (χ0n) is 16.3. The highest BCUT2D eigenvalue weighted by atomic mass is 14.8. The summed E-state index contributed by atoms with van der Waals surface area (Å²) in [6.45, 7) is 11.3. The molecule has 1 fully saturated rings. The predicted octanol–water partition coefficient (Wildman–Crippen LogP) is 6.63. The van der Waals surface area contributed by atoms with Crippen LogP contribution in [0.1, 0.15) is 70.4 Å². The Morgan fingerprint density at radius 3 is 2.42 bits per heavy atom. The number of aryl methyl sites for hydroxylation is 2. The van der Waals surface area contributed by atoms with E-state index in [0.717, 1.165) is 37.0 Å². The first-order valence-corrected chi connectivity index (χ1v) is 9.98. The molecule has 24 heavy (non-hydrogen) atoms. The maximum absolute atomic E-state index is 4.18. The number of hydrogen-bond acceptors (Lipinski definition) is 1. The molecule has 0 spiro atoms. The minimum atomic E-state index is 0.912. The van der Waals surface area contributed by atoms with Gasteiger partial charge in [-0.2, -0.15) is 0 Å². The first-order chi connectivity index (χ1) is 11.5. The summed E-state index contributed by atoms with van der Waals surface area (Å²) in [7, 11) is 2.02. The molecule has 0 saturated heterocycles. The van der Waals surface area contributed by atoms with Gasteiger partial charge in [0.1, 0.15) is 0 Å². The van der Waals surface area contributed by atoms with E-state index < -0.39 is 0 Å². The van der Waals surface area contributed by atoms with E-state index in [1.54, 1.807) is 5.56 Å². The van der Waals surface area contributed by atoms with Crippen LogP contribution < -0.4 is 5.32 Å². The van der Waals surface area contributed by atoms with Crippen LogP contribution in [0.15, 0.2) is 30.4 Å². The Balaban J connectivity index is 2.01. The van der Waals surface area contributed by atoms with Crippen LogP contribution in [0.5, 0.6) is 0 Å². The van der Waals surface area contributed by atoms with Crippen LogP contribution in [0.2, 0.25) is 0 Å². The molecule has 0 amide bonds. The van der Waals surface area contributed by atoms with Crippen LogP contribution in [0.25, 0.3) is 0 Å². The zero-order chi connectivity index (χ0) is 17.5. The zero-order valence-corrected chi connectivity index (χ0v) is 16.3. The summed E-state index contributed by atoms with van der Waals surface area (Å²) in [6, 6.07) is 6.92. The molecule has 1 aliphatic carbocycles. The third-order valence-electron chi connectivity index (χ3n) is 5.84. The molecule has 1 saturated carbocycles. The fraction of sp³-hybridized carbons (Fsp3) is 0.652. The van der Waals surface area contributed by atoms with Crippen LogP contribution in [-0.4, -0.2) is 7.05 Å². The summed E-state index contributed by atoms with van der Waals surface area (Å²) in [5, 5.41) is 3.31. The van der Waals surface area contributed by atoms with Gasteiger partial charge in [0.25, 0.3) is 0 Å². The highest BCUT2D eigenvalue weighted by molar-refractivity contribution is 5.48. The van der Waals surface area contributed by atoms with E-state index in [1.807, 2.05) is 7.05 Å². The third kappa shape index (κ3) is 5.69. The van der Waals surface area contributed by atoms with Gasteiger partial charge in [-0.05, 0) is 92.4 Å². The first kappa shape index (κ1) is 19.1. The van der Waals surface area contributed by atoms with Crippen molar-refractivity contribution in [1.82, 2.24) is 0 Å². The lowest BCUT2D eigenvalue weighted by Crippen LogP contribution is -2.20. The van der Waals surface area contributed by atoms with Gasteiger partial charge in [-0.3, -0.25) is 0 Å². The van der Waals surface area contributed by atoms with Crippen LogP contribution >= 0.6 is 0 Å². The van der Waals surface area contributed by atoms with Gasteiger partial charge in [-0.1, -0.05) is 39.0 Å². The van der Waals surface area contributed by atoms with Crippen molar-refractivity contribution in [3.8, 4) is 0 Å². The van der Waals surface area contributed by atoms with Crippen molar-refractivity contribution in [3.05, 3.63) is 41.5 Å². The maximum atomic E-state index is 4.18. The van der Waals surface area contributed by atoms with E-state index in [9.17, 15) is 0 Å². The van der Waals surface area contributed by atoms with Gasteiger partial charge in [0.05, 0.1) is 0 Å². The molecule has 0 bridgehead atoms. The standard InChI is InChI=1S/C23H37N/c1-6-17(2)7-9-21-11-12-23(24-5)16-22(21)10-8-20-14-18(3)13-19(4)15-20/h11-12,16,18-20,24H,2,6-10,13-15H2,1,3-5H3. The highest BCUT2D eigenvalue weighted by Crippen LogP contribution is 2.35. The first-order valence-electron chi connectivity index (χ1n) is 9.98. The molecular weight excluding hydrogens is 290 g/mol. The number of benzene rings is 1. The number of allylic oxidation sites excluding steroid dienone is 1. The van der Waals surface area contributed by atoms with Gasteiger partial charge in [0.15, 0.2) is 0 Å². The second kappa shape index (κ2) is 9.30. The number of nitrogens with one attached hydrogen (secondary N) is 1. The Kier molecular flexibility index (Phi) is 7.40. The highest BCUT2D eigenvalue weighted by Gasteiger charge is 2.23. The Hall–Kier alpha value is -1.24. The van der Waals surface area contributed by atoms with Crippen molar-refractivity contribution in [2.45, 2.75) is 72.1 Å². The Bertz CT molecular complexity index is 521. The molecule has 2 unspecified atom stereocenters. The molecule has 1 aliphatic rings. The van der Waals surface area contributed by atoms with Gasteiger partial charge in [-0.25, -0.2) is 0 Å². The van der Waals surface area contributed by atoms with E-state index in [-0.39, 0.29) is 0 Å². The van der Waals surface area contributed by atoms with E-state index in [0.29, 0.717) is 0 Å². The van der Waals surface area contributed by atoms with Gasteiger partial charge >= 0.3 is 0 Å². The third-order valence-corrected chi connectivity index (χ3v) is 5.84. The van der Waals surface area contributed by atoms with Gasteiger partial charge in [-0.15, -0.1) is 0 Å². The van der Waals surface area contributed by atoms with Gasteiger partial charge < -0.3 is 5.32 Å². The second-order valence-electron chi connectivity index (χ2n) is 8.16. The smallest absolute Gasteiger partial charge is 0.0340 e. The normalized spacial score (nSPS) is 23.9. The number of anilines is 1. The summed E-state index contributed by atoms with van der Waals surface area (Å²) in [5.74, 6) is 2.74. The quantitative estimate of drug-likeness (QED) is 0.528. The monoisotopic (exact) mass is 327 g/mol. The molecule has 1 nitrogen and oxygen atoms in total. The molecular formula is C23H37N. The molecule has 0 aromatic heterocycles. The SMILES string of the molecule is C=C(CC)CCc1ccc(NC)cc1CCC1CC(C)CC(C)C1. The average Bonchev–Trinajstić information content (AvgIpc) is 2.57. The molecule has 2 rings (SSSR count). The minimum absolute atomic E-state index is 0.912. The second-order valence-corrected chi connectivity index (χ2v) is 8.16. The Morgan fingerprint density at radius 1 is 1.08 bits per heavy atom. The largest absolute Gasteiger partial charge is 0.388 e. The van der Waals surface area contributed by atoms with Crippen LogP contribution in [0.3, 0.4) is 0 Å². The topological polar surface area (TPSA) is 12.0 Å². The van der Waals surface area contributed by atoms with Crippen LogP contribution in [-0.2, 0) is 12.8 Å². The lowest BCUT2D eigenvalue weighted by molar-refractivity contribution is 0.210. The fourth-order valence-electron chi connectivity index (χ4n) is 4.46. The summed E-state index contributed by atoms with van der Waals surface area (Å²) in [4.78, 5) is 0. The van der Waals surface area contributed by atoms with E-state index >= 15 is 0 Å². The van der Waals surface area contributed by atoms with Crippen molar-refractivity contribution in [1.29, 1.82) is 0 Å². The molecule has 2 atom stereocenters. The van der Waals surface area contributed by atoms with Crippen molar-refractivity contribution in [3.63, 3.8) is 0 Å². The van der Waals surface area contributed by atoms with Crippen LogP contribution in [0, 0.1) is 17.8 Å². The average molecular weight is 328 g/mol. The van der Waals surface area contributed by atoms with E-state index in [2.05, 4.69) is 50.9 Å². The molecule has 0 radical (unpaired) electrons. The van der Waals surface area contributed by atoms with Crippen molar-refractivity contribution < 1.29 is 0 Å². The van der Waals surface area contributed by atoms with Crippen molar-refractivity contribution in [2.75, 3.05) is 12.4 Å². The molecule has 0 aliphatic heterocycles. The molecule has 1 N–H and O–H groups in total. The lowest BCUT2D eigenvalue weighted by atomic mass is 9.74. The molecule has 134 valence electrons. The molecule has 1 aromatic rings.